The molecule has 0 fully saturated rings. The predicted octanol–water partition coefficient (Wildman–Crippen LogP) is 1.52. The summed E-state index contributed by atoms with van der Waals surface area (Å²) < 4.78 is 0. The molecule has 0 saturated heterocycles. The number of amides is 1. The first-order valence-corrected chi connectivity index (χ1v) is 8.07. The summed E-state index contributed by atoms with van der Waals surface area (Å²) in [6, 6.07) is 3.76. The number of carbonyl (C=O) groups excluding carboxylic acids is 1. The fraction of sp³-hybridized carbons (Fsp3) is 0.400. The van der Waals surface area contributed by atoms with Crippen LogP contribution in [0.15, 0.2) is 24.5 Å². The quantitative estimate of drug-likeness (QED) is 0.906. The van der Waals surface area contributed by atoms with Crippen LogP contribution in [0.3, 0.4) is 0 Å². The molecule has 0 atom stereocenters. The first-order chi connectivity index (χ1) is 10.6. The maximum atomic E-state index is 12.2. The second kappa shape index (κ2) is 6.41. The Kier molecular flexibility index (Phi) is 4.35. The molecule has 3 rings (SSSR count). The number of anilines is 2. The van der Waals surface area contributed by atoms with Gasteiger partial charge in [0.05, 0.1) is 10.6 Å². The summed E-state index contributed by atoms with van der Waals surface area (Å²) in [6.45, 7) is 2.36. The first-order valence-electron chi connectivity index (χ1n) is 7.25. The van der Waals surface area contributed by atoms with E-state index in [1.54, 1.807) is 29.8 Å². The Balaban J connectivity index is 1.72. The number of hydrogen-bond donors (Lipinski definition) is 1. The monoisotopic (exact) mass is 317 g/mol. The number of nitrogens with zero attached hydrogens (tertiary/aromatic N) is 4. The Labute approximate surface area is 133 Å². The summed E-state index contributed by atoms with van der Waals surface area (Å²) in [6.07, 6.45) is 4.41. The van der Waals surface area contributed by atoms with E-state index in [9.17, 15) is 4.79 Å². The van der Waals surface area contributed by atoms with Crippen molar-refractivity contribution in [3.63, 3.8) is 0 Å². The van der Waals surface area contributed by atoms with Gasteiger partial charge in [-0.1, -0.05) is 0 Å². The van der Waals surface area contributed by atoms with Gasteiger partial charge >= 0.3 is 0 Å². The van der Waals surface area contributed by atoms with E-state index in [0.717, 1.165) is 30.1 Å². The van der Waals surface area contributed by atoms with Crippen LogP contribution in [-0.2, 0) is 6.42 Å². The second-order valence-corrected chi connectivity index (χ2v) is 6.57. The van der Waals surface area contributed by atoms with Crippen molar-refractivity contribution in [1.29, 1.82) is 0 Å². The van der Waals surface area contributed by atoms with Crippen LogP contribution in [0, 0.1) is 0 Å². The minimum atomic E-state index is -0.00446. The Morgan fingerprint density at radius 1 is 1.41 bits per heavy atom. The van der Waals surface area contributed by atoms with Gasteiger partial charge < -0.3 is 15.1 Å². The Hall–Kier alpha value is -1.99. The van der Waals surface area contributed by atoms with Gasteiger partial charge in [0.1, 0.15) is 0 Å². The zero-order valence-corrected chi connectivity index (χ0v) is 13.6. The van der Waals surface area contributed by atoms with Gasteiger partial charge in [-0.15, -0.1) is 11.3 Å². The summed E-state index contributed by atoms with van der Waals surface area (Å²) in [5.41, 5.74) is 1.06. The van der Waals surface area contributed by atoms with Crippen LogP contribution in [0.4, 0.5) is 11.6 Å². The lowest BCUT2D eigenvalue weighted by molar-refractivity contribution is 0.0955. The highest BCUT2D eigenvalue weighted by molar-refractivity contribution is 7.14. The van der Waals surface area contributed by atoms with Crippen LogP contribution in [0.2, 0.25) is 0 Å². The van der Waals surface area contributed by atoms with Crippen LogP contribution in [0.25, 0.3) is 0 Å². The zero-order valence-electron chi connectivity index (χ0n) is 12.7. The van der Waals surface area contributed by atoms with Crippen molar-refractivity contribution in [3.8, 4) is 0 Å². The molecule has 2 aromatic rings. The molecule has 22 heavy (non-hydrogen) atoms. The molecule has 7 heteroatoms. The van der Waals surface area contributed by atoms with E-state index in [1.807, 2.05) is 25.1 Å². The summed E-state index contributed by atoms with van der Waals surface area (Å²) >= 11 is 1.56. The number of aromatic nitrogens is 2. The Bertz CT molecular complexity index is 655. The number of rotatable bonds is 5. The molecule has 1 amide bonds. The number of thiophene rings is 1. The molecule has 1 N–H and O–H groups in total. The third-order valence-corrected chi connectivity index (χ3v) is 4.68. The highest BCUT2D eigenvalue weighted by atomic mass is 32.1. The topological polar surface area (TPSA) is 61.4 Å². The van der Waals surface area contributed by atoms with Gasteiger partial charge in [0.2, 0.25) is 5.95 Å². The lowest BCUT2D eigenvalue weighted by Crippen LogP contribution is -2.30. The lowest BCUT2D eigenvalue weighted by Gasteiger charge is -2.15. The van der Waals surface area contributed by atoms with Crippen molar-refractivity contribution in [2.75, 3.05) is 38.6 Å². The van der Waals surface area contributed by atoms with Crippen molar-refractivity contribution < 1.29 is 4.79 Å². The van der Waals surface area contributed by atoms with E-state index in [1.165, 1.54) is 4.88 Å². The minimum Gasteiger partial charge on any atom is -0.350 e. The number of hydrogen-bond acceptors (Lipinski definition) is 6. The first kappa shape index (κ1) is 14.9. The van der Waals surface area contributed by atoms with Gasteiger partial charge in [0.15, 0.2) is 0 Å². The molecular formula is C15H19N5OS. The van der Waals surface area contributed by atoms with Gasteiger partial charge in [-0.3, -0.25) is 4.79 Å². The molecule has 0 spiro atoms. The van der Waals surface area contributed by atoms with Gasteiger partial charge in [0, 0.05) is 43.3 Å². The molecule has 0 radical (unpaired) electrons. The van der Waals surface area contributed by atoms with E-state index in [4.69, 9.17) is 0 Å². The maximum Gasteiger partial charge on any atom is 0.261 e. The van der Waals surface area contributed by atoms with Crippen LogP contribution in [-0.4, -0.2) is 54.5 Å². The molecule has 0 saturated carbocycles. The third kappa shape index (κ3) is 3.10. The normalized spacial score (nSPS) is 13.5. The van der Waals surface area contributed by atoms with Crippen molar-refractivity contribution in [2.24, 2.45) is 0 Å². The number of likely N-dealkylation sites (N-methyl/N-ethyl adjacent to an activating group) is 1. The molecule has 1 aliphatic heterocycles. The largest absolute Gasteiger partial charge is 0.350 e. The second-order valence-electron chi connectivity index (χ2n) is 5.43. The van der Waals surface area contributed by atoms with Gasteiger partial charge in [-0.2, -0.15) is 0 Å². The molecule has 0 aliphatic carbocycles. The molecule has 3 heterocycles. The smallest absolute Gasteiger partial charge is 0.261 e. The predicted molar refractivity (Wildman–Crippen MR) is 87.9 cm³/mol. The van der Waals surface area contributed by atoms with Crippen molar-refractivity contribution in [2.45, 2.75) is 6.42 Å². The molecule has 6 nitrogen and oxygen atoms in total. The number of nitrogens with one attached hydrogen (secondary N) is 1. The zero-order chi connectivity index (χ0) is 15.5. The SMILES string of the molecule is CN(C)CCNC(=O)c1cc2c(s1)CCN2c1ncccn1. The fourth-order valence-corrected chi connectivity index (χ4v) is 3.46. The summed E-state index contributed by atoms with van der Waals surface area (Å²) in [5, 5.41) is 2.95. The Morgan fingerprint density at radius 2 is 2.18 bits per heavy atom. The highest BCUT2D eigenvalue weighted by Gasteiger charge is 2.26. The Morgan fingerprint density at radius 3 is 2.91 bits per heavy atom. The molecule has 0 aromatic carbocycles. The van der Waals surface area contributed by atoms with Gasteiger partial charge in [-0.05, 0) is 26.2 Å². The van der Waals surface area contributed by atoms with Crippen LogP contribution in [0.5, 0.6) is 0 Å². The summed E-state index contributed by atoms with van der Waals surface area (Å²) in [7, 11) is 3.98. The van der Waals surface area contributed by atoms with Crippen molar-refractivity contribution in [1.82, 2.24) is 20.2 Å². The van der Waals surface area contributed by atoms with Crippen LogP contribution < -0.4 is 10.2 Å². The van der Waals surface area contributed by atoms with E-state index in [2.05, 4.69) is 20.2 Å². The maximum absolute atomic E-state index is 12.2. The van der Waals surface area contributed by atoms with Gasteiger partial charge in [-0.25, -0.2) is 9.97 Å². The van der Waals surface area contributed by atoms with Crippen LogP contribution >= 0.6 is 11.3 Å². The van der Waals surface area contributed by atoms with Crippen molar-refractivity contribution in [3.05, 3.63) is 34.3 Å². The van der Waals surface area contributed by atoms with E-state index in [0.29, 0.717) is 12.5 Å². The molecule has 116 valence electrons. The summed E-state index contributed by atoms with van der Waals surface area (Å²) in [5.74, 6) is 0.689. The minimum absolute atomic E-state index is 0.00446. The fourth-order valence-electron chi connectivity index (χ4n) is 2.39. The van der Waals surface area contributed by atoms with E-state index >= 15 is 0 Å². The number of carbonyl (C=O) groups is 1. The number of fused-ring (bicyclic) bond motifs is 1. The van der Waals surface area contributed by atoms with Gasteiger partial charge in [0.25, 0.3) is 5.91 Å². The average Bonchev–Trinajstić information content (AvgIpc) is 3.07. The van der Waals surface area contributed by atoms with E-state index < -0.39 is 0 Å². The molecule has 0 unspecified atom stereocenters. The highest BCUT2D eigenvalue weighted by Crippen LogP contribution is 2.38. The third-order valence-electron chi connectivity index (χ3n) is 3.50. The average molecular weight is 317 g/mol. The lowest BCUT2D eigenvalue weighted by atomic mass is 10.3. The molecule has 1 aliphatic rings. The molecule has 2 aromatic heterocycles. The molecule has 0 bridgehead atoms. The summed E-state index contributed by atoms with van der Waals surface area (Å²) in [4.78, 5) is 26.9. The standard InChI is InChI=1S/C15H19N5OS/c1-19(2)9-7-16-14(21)13-10-11-12(22-13)4-8-20(11)15-17-5-3-6-18-15/h3,5-6,10H,4,7-9H2,1-2H3,(H,16,21). The van der Waals surface area contributed by atoms with E-state index in [-0.39, 0.29) is 5.91 Å². The molecular weight excluding hydrogens is 298 g/mol. The van der Waals surface area contributed by atoms with Crippen molar-refractivity contribution >= 4 is 28.9 Å². The van der Waals surface area contributed by atoms with Crippen LogP contribution in [0.1, 0.15) is 14.5 Å².